The highest BCUT2D eigenvalue weighted by Gasteiger charge is 2.46. The lowest BCUT2D eigenvalue weighted by Gasteiger charge is -2.38. The van der Waals surface area contributed by atoms with Crippen molar-refractivity contribution in [3.63, 3.8) is 0 Å². The van der Waals surface area contributed by atoms with E-state index in [1.807, 2.05) is 6.07 Å². The maximum atomic E-state index is 14.3. The first-order valence-electron chi connectivity index (χ1n) is 21.2. The minimum atomic E-state index is -2.88. The molecule has 0 bridgehead atoms. The number of alkyl halides is 2. The number of rotatable bonds is 11. The van der Waals surface area contributed by atoms with Crippen LogP contribution in [0.15, 0.2) is 42.9 Å². The van der Waals surface area contributed by atoms with E-state index in [9.17, 15) is 32.8 Å². The summed E-state index contributed by atoms with van der Waals surface area (Å²) in [7, 11) is 2.16. The van der Waals surface area contributed by atoms with Gasteiger partial charge < -0.3 is 25.2 Å². The Morgan fingerprint density at radius 2 is 1.74 bits per heavy atom. The zero-order chi connectivity index (χ0) is 42.4. The van der Waals surface area contributed by atoms with Crippen LogP contribution in [0.5, 0.6) is 0 Å². The number of benzene rings is 1. The highest BCUT2D eigenvalue weighted by atomic mass is 19.3. The molecule has 2 saturated heterocycles. The number of nitrogens with zero attached hydrogens (tertiary/aromatic N) is 8. The summed E-state index contributed by atoms with van der Waals surface area (Å²) in [6, 6.07) is 6.35. The first-order valence-corrected chi connectivity index (χ1v) is 21.2. The molecule has 1 atom stereocenters. The fraction of sp³-hybridized carbons (Fsp3) is 0.524. The van der Waals surface area contributed by atoms with Crippen molar-refractivity contribution >= 4 is 52.4 Å². The molecule has 322 valence electrons. The maximum Gasteiger partial charge on any atom is 0.284 e. The molecule has 4 fully saturated rings. The van der Waals surface area contributed by atoms with Crippen molar-refractivity contribution in [3.8, 4) is 0 Å². The van der Waals surface area contributed by atoms with Gasteiger partial charge in [-0.2, -0.15) is 10.2 Å². The summed E-state index contributed by atoms with van der Waals surface area (Å²) in [6.45, 7) is 3.40. The molecule has 2 saturated carbocycles. The van der Waals surface area contributed by atoms with Gasteiger partial charge in [0.1, 0.15) is 17.4 Å². The van der Waals surface area contributed by atoms with E-state index in [1.165, 1.54) is 16.9 Å². The summed E-state index contributed by atoms with van der Waals surface area (Å²) in [6.07, 6.45) is 8.95. The van der Waals surface area contributed by atoms with Crippen LogP contribution in [0.4, 0.5) is 26.0 Å². The van der Waals surface area contributed by atoms with Crippen molar-refractivity contribution in [3.05, 3.63) is 65.2 Å². The molecule has 2 aliphatic carbocycles. The lowest BCUT2D eigenvalue weighted by atomic mass is 9.84. The van der Waals surface area contributed by atoms with Gasteiger partial charge >= 0.3 is 0 Å². The minimum absolute atomic E-state index is 0.0263. The first-order chi connectivity index (χ1) is 29.5. The molecule has 19 heteroatoms. The topological polar surface area (TPSA) is 188 Å². The zero-order valence-corrected chi connectivity index (χ0v) is 33.9. The average molecular weight is 842 g/mol. The monoisotopic (exact) mass is 841 g/mol. The molecule has 1 unspecified atom stereocenters. The van der Waals surface area contributed by atoms with Crippen LogP contribution in [-0.4, -0.2) is 122 Å². The van der Waals surface area contributed by atoms with Crippen LogP contribution in [0, 0.1) is 5.92 Å². The van der Waals surface area contributed by atoms with Gasteiger partial charge in [-0.1, -0.05) is 6.07 Å². The Hall–Kier alpha value is -5.82. The SMILES string of the molecule is CN(C[C@H]1CC[C@H](n2cc(NC(=O)c3cnn4ccc(N5CCOCC5)nc34)c(C(F)F)n2)CC1)C1CCC(Nc2cccc3c2C(=O)N(C2CCC(=O)NC2=O)C3=O)CC1. The predicted molar refractivity (Wildman–Crippen MR) is 218 cm³/mol. The van der Waals surface area contributed by atoms with E-state index in [-0.39, 0.29) is 47.3 Å². The van der Waals surface area contributed by atoms with Crippen molar-refractivity contribution in [2.24, 2.45) is 5.92 Å². The number of carbonyl (C=O) groups is 5. The van der Waals surface area contributed by atoms with Gasteiger partial charge in [0, 0.05) is 56.2 Å². The lowest BCUT2D eigenvalue weighted by Crippen LogP contribution is -2.54. The van der Waals surface area contributed by atoms with Crippen molar-refractivity contribution in [1.82, 2.24) is 39.5 Å². The van der Waals surface area contributed by atoms with Gasteiger partial charge in [-0.05, 0) is 89.0 Å². The average Bonchev–Trinajstić information content (AvgIpc) is 3.96. The second-order valence-corrected chi connectivity index (χ2v) is 16.8. The van der Waals surface area contributed by atoms with Crippen LogP contribution < -0.4 is 20.9 Å². The number of fused-ring (bicyclic) bond motifs is 2. The first kappa shape index (κ1) is 40.6. The van der Waals surface area contributed by atoms with E-state index in [1.54, 1.807) is 29.1 Å². The molecule has 61 heavy (non-hydrogen) atoms. The summed E-state index contributed by atoms with van der Waals surface area (Å²) < 4.78 is 37.1. The Morgan fingerprint density at radius 3 is 2.48 bits per heavy atom. The molecule has 1 aromatic carbocycles. The van der Waals surface area contributed by atoms with Crippen LogP contribution in [0.3, 0.4) is 0 Å². The number of ether oxygens (including phenoxy) is 1. The number of hydrogen-bond acceptors (Lipinski definition) is 12. The minimum Gasteiger partial charge on any atom is -0.382 e. The number of morpholine rings is 1. The molecular weight excluding hydrogens is 793 g/mol. The Morgan fingerprint density at radius 1 is 0.967 bits per heavy atom. The van der Waals surface area contributed by atoms with Crippen LogP contribution in [0.2, 0.25) is 0 Å². The predicted octanol–water partition coefficient (Wildman–Crippen LogP) is 4.44. The Kier molecular flexibility index (Phi) is 11.3. The second kappa shape index (κ2) is 16.9. The molecule has 6 heterocycles. The molecule has 5 amide bonds. The zero-order valence-electron chi connectivity index (χ0n) is 33.9. The summed E-state index contributed by atoms with van der Waals surface area (Å²) in [4.78, 5) is 74.7. The summed E-state index contributed by atoms with van der Waals surface area (Å²) in [5.41, 5.74) is 1.11. The van der Waals surface area contributed by atoms with E-state index in [2.05, 4.69) is 48.0 Å². The fourth-order valence-corrected chi connectivity index (χ4v) is 9.69. The Balaban J connectivity index is 0.767. The fourth-order valence-electron chi connectivity index (χ4n) is 9.69. The number of amides is 5. The van der Waals surface area contributed by atoms with Crippen molar-refractivity contribution < 1.29 is 37.5 Å². The molecule has 17 nitrogen and oxygen atoms in total. The van der Waals surface area contributed by atoms with Crippen LogP contribution >= 0.6 is 0 Å². The maximum absolute atomic E-state index is 14.3. The Bertz CT molecular complexity index is 2350. The molecule has 0 radical (unpaired) electrons. The smallest absolute Gasteiger partial charge is 0.284 e. The number of anilines is 3. The van der Waals surface area contributed by atoms with E-state index in [0.29, 0.717) is 55.4 Å². The number of nitrogens with one attached hydrogen (secondary N) is 3. The number of piperidine rings is 1. The normalized spacial score (nSPS) is 24.8. The van der Waals surface area contributed by atoms with Crippen LogP contribution in [0.25, 0.3) is 5.65 Å². The third kappa shape index (κ3) is 8.07. The molecule has 5 aliphatic rings. The van der Waals surface area contributed by atoms with Crippen LogP contribution in [-0.2, 0) is 14.3 Å². The van der Waals surface area contributed by atoms with Gasteiger partial charge in [-0.3, -0.25) is 38.9 Å². The lowest BCUT2D eigenvalue weighted by molar-refractivity contribution is -0.136. The summed E-state index contributed by atoms with van der Waals surface area (Å²) in [5.74, 6) is -1.56. The molecule has 3 aliphatic heterocycles. The van der Waals surface area contributed by atoms with Gasteiger partial charge in [0.2, 0.25) is 11.8 Å². The van der Waals surface area contributed by atoms with Gasteiger partial charge in [0.05, 0.1) is 42.3 Å². The molecular formula is C42H49F2N11O6. The van der Waals surface area contributed by atoms with Crippen molar-refractivity contribution in [1.29, 1.82) is 0 Å². The number of carbonyl (C=O) groups excluding carboxylic acids is 5. The molecule has 4 aromatic rings. The Labute approximate surface area is 350 Å². The highest BCUT2D eigenvalue weighted by molar-refractivity contribution is 6.25. The van der Waals surface area contributed by atoms with E-state index in [0.717, 1.165) is 62.8 Å². The molecule has 0 spiro atoms. The van der Waals surface area contributed by atoms with Crippen molar-refractivity contribution in [2.45, 2.75) is 94.8 Å². The number of halogens is 2. The molecule has 3 N–H and O–H groups in total. The van der Waals surface area contributed by atoms with Gasteiger partial charge in [-0.25, -0.2) is 18.3 Å². The number of hydrogen-bond donors (Lipinski definition) is 3. The van der Waals surface area contributed by atoms with Gasteiger partial charge in [-0.15, -0.1) is 0 Å². The third-order valence-corrected chi connectivity index (χ3v) is 13.0. The van der Waals surface area contributed by atoms with E-state index < -0.39 is 47.7 Å². The standard InChI is InChI=1S/C42H49F2N11O6/c1-51(26-11-7-25(8-12-26)46-30-4-2-3-28-35(30)42(60)55(41(28)59)32-13-14-34(56)49-40(32)58)22-24-5-9-27(10-6-24)54-23-31(36(50-54)37(43)44)47-39(57)29-21-45-53-16-15-33(48-38(29)53)52-17-19-61-20-18-52/h2-4,15-16,21,23-27,32,37,46H,5-14,17-20,22H2,1H3,(H,47,57)(H,49,56,58)/t24-,25?,26?,27-,32?. The quantitative estimate of drug-likeness (QED) is 0.181. The van der Waals surface area contributed by atoms with Crippen LogP contribution in [0.1, 0.15) is 113 Å². The van der Waals surface area contributed by atoms with E-state index >= 15 is 0 Å². The second-order valence-electron chi connectivity index (χ2n) is 16.8. The van der Waals surface area contributed by atoms with Crippen molar-refractivity contribution in [2.75, 3.05) is 55.4 Å². The van der Waals surface area contributed by atoms with E-state index in [4.69, 9.17) is 4.74 Å². The number of aromatic nitrogens is 5. The molecule has 3 aromatic heterocycles. The highest BCUT2D eigenvalue weighted by Crippen LogP contribution is 2.38. The third-order valence-electron chi connectivity index (χ3n) is 13.0. The van der Waals surface area contributed by atoms with Gasteiger partial charge in [0.15, 0.2) is 11.3 Å². The van der Waals surface area contributed by atoms with Gasteiger partial charge in [0.25, 0.3) is 24.1 Å². The summed E-state index contributed by atoms with van der Waals surface area (Å²) in [5, 5.41) is 17.0. The number of imide groups is 2. The summed E-state index contributed by atoms with van der Waals surface area (Å²) >= 11 is 0. The largest absolute Gasteiger partial charge is 0.382 e. The molecule has 9 rings (SSSR count).